The lowest BCUT2D eigenvalue weighted by Gasteiger charge is -2.29. The molecule has 28 heavy (non-hydrogen) atoms. The first-order valence-electron chi connectivity index (χ1n) is 10.3. The smallest absolute Gasteiger partial charge is 0.215 e. The zero-order valence-corrected chi connectivity index (χ0v) is 21.3. The Bertz CT molecular complexity index is 548. The van der Waals surface area contributed by atoms with Crippen molar-refractivity contribution in [2.24, 2.45) is 10.9 Å². The number of halogens is 1. The van der Waals surface area contributed by atoms with E-state index in [1.54, 1.807) is 4.31 Å². The Morgan fingerprint density at radius 3 is 2.46 bits per heavy atom. The number of thioether (sulfide) groups is 1. The summed E-state index contributed by atoms with van der Waals surface area (Å²) in [5.41, 5.74) is 0. The molecule has 10 heteroatoms. The van der Waals surface area contributed by atoms with E-state index in [1.807, 2.05) is 18.7 Å². The van der Waals surface area contributed by atoms with E-state index in [0.29, 0.717) is 25.6 Å². The van der Waals surface area contributed by atoms with Crippen molar-refractivity contribution in [3.63, 3.8) is 0 Å². The van der Waals surface area contributed by atoms with Crippen molar-refractivity contribution in [1.82, 2.24) is 19.8 Å². The van der Waals surface area contributed by atoms with Crippen LogP contribution in [0.1, 0.15) is 33.1 Å². The summed E-state index contributed by atoms with van der Waals surface area (Å²) >= 11 is 1.82. The minimum Gasteiger partial charge on any atom is -0.357 e. The molecular weight excluding hydrogens is 509 g/mol. The van der Waals surface area contributed by atoms with Crippen LogP contribution in [-0.2, 0) is 10.0 Å². The van der Waals surface area contributed by atoms with Crippen LogP contribution in [0.25, 0.3) is 0 Å². The topological polar surface area (TPSA) is 77.0 Å². The second-order valence-electron chi connectivity index (χ2n) is 7.39. The van der Waals surface area contributed by atoms with Crippen LogP contribution in [-0.4, -0.2) is 93.2 Å². The largest absolute Gasteiger partial charge is 0.357 e. The molecule has 0 saturated carbocycles. The summed E-state index contributed by atoms with van der Waals surface area (Å²) < 4.78 is 26.4. The van der Waals surface area contributed by atoms with Crippen LogP contribution in [0.15, 0.2) is 4.99 Å². The van der Waals surface area contributed by atoms with E-state index in [1.165, 1.54) is 25.9 Å². The van der Waals surface area contributed by atoms with Crippen molar-refractivity contribution in [3.8, 4) is 0 Å². The molecule has 2 aliphatic heterocycles. The number of hydrogen-bond donors (Lipinski definition) is 2. The fourth-order valence-corrected chi connectivity index (χ4v) is 5.86. The number of nitrogens with one attached hydrogen (secondary N) is 2. The van der Waals surface area contributed by atoms with Gasteiger partial charge in [0.15, 0.2) is 5.96 Å². The number of hydrogen-bond acceptors (Lipinski definition) is 5. The lowest BCUT2D eigenvalue weighted by atomic mass is 9.99. The molecule has 2 aliphatic rings. The lowest BCUT2D eigenvalue weighted by Crippen LogP contribution is -2.44. The number of piperidine rings is 1. The average molecular weight is 548 g/mol. The molecule has 0 aromatic rings. The van der Waals surface area contributed by atoms with Crippen LogP contribution in [0.4, 0.5) is 0 Å². The molecule has 0 spiro atoms. The first-order chi connectivity index (χ1) is 13.0. The summed E-state index contributed by atoms with van der Waals surface area (Å²) in [7, 11) is -3.17. The molecule has 0 aromatic carbocycles. The van der Waals surface area contributed by atoms with E-state index in [4.69, 9.17) is 0 Å². The fraction of sp³-hybridized carbons (Fsp3) is 0.944. The van der Waals surface area contributed by atoms with Crippen molar-refractivity contribution in [2.45, 2.75) is 33.1 Å². The Labute approximate surface area is 192 Å². The van der Waals surface area contributed by atoms with Crippen molar-refractivity contribution in [1.29, 1.82) is 0 Å². The molecule has 0 atom stereocenters. The van der Waals surface area contributed by atoms with Gasteiger partial charge in [0.05, 0.1) is 5.75 Å². The molecular formula is C18H38IN5O2S2. The second kappa shape index (κ2) is 14.3. The summed E-state index contributed by atoms with van der Waals surface area (Å²) in [5.74, 6) is 3.49. The number of aliphatic imine (C=N–C) groups is 1. The third kappa shape index (κ3) is 9.82. The van der Waals surface area contributed by atoms with Gasteiger partial charge < -0.3 is 15.5 Å². The predicted molar refractivity (Wildman–Crippen MR) is 132 cm³/mol. The first-order valence-corrected chi connectivity index (χ1v) is 13.1. The molecule has 2 fully saturated rings. The van der Waals surface area contributed by atoms with Gasteiger partial charge in [0, 0.05) is 44.2 Å². The van der Waals surface area contributed by atoms with Crippen LogP contribution >= 0.6 is 35.7 Å². The normalized spacial score (nSPS) is 20.6. The van der Waals surface area contributed by atoms with Crippen LogP contribution in [0.3, 0.4) is 0 Å². The summed E-state index contributed by atoms with van der Waals surface area (Å²) in [6.45, 7) is 11.1. The van der Waals surface area contributed by atoms with Gasteiger partial charge in [-0.2, -0.15) is 11.8 Å². The fourth-order valence-electron chi connectivity index (χ4n) is 3.36. The Kier molecular flexibility index (Phi) is 13.4. The monoisotopic (exact) mass is 547 g/mol. The van der Waals surface area contributed by atoms with Crippen molar-refractivity contribution in [2.75, 3.05) is 69.6 Å². The van der Waals surface area contributed by atoms with Gasteiger partial charge in [0.25, 0.3) is 0 Å². The SMILES string of the molecule is CCNC(=NCCCN1CCC(C)CC1)NCCS(=O)(=O)N1CCSCC1.I. The average Bonchev–Trinajstić information content (AvgIpc) is 2.67. The molecule has 2 heterocycles. The maximum atomic E-state index is 12.4. The lowest BCUT2D eigenvalue weighted by molar-refractivity contribution is 0.192. The molecule has 0 amide bonds. The zero-order chi connectivity index (χ0) is 19.5. The first kappa shape index (κ1) is 26.3. The van der Waals surface area contributed by atoms with Gasteiger partial charge in [0.2, 0.25) is 10.0 Å². The predicted octanol–water partition coefficient (Wildman–Crippen LogP) is 1.66. The highest BCUT2D eigenvalue weighted by Crippen LogP contribution is 2.16. The van der Waals surface area contributed by atoms with Crippen LogP contribution in [0.5, 0.6) is 0 Å². The maximum Gasteiger partial charge on any atom is 0.215 e. The maximum absolute atomic E-state index is 12.4. The molecule has 2 saturated heterocycles. The zero-order valence-electron chi connectivity index (χ0n) is 17.4. The Hall–Kier alpha value is 0.220. The van der Waals surface area contributed by atoms with Gasteiger partial charge in [0.1, 0.15) is 0 Å². The molecule has 0 aromatic heterocycles. The molecule has 166 valence electrons. The summed E-state index contributed by atoms with van der Waals surface area (Å²) in [5, 5.41) is 6.38. The standard InChI is InChI=1S/C18H37N5O2S2.HI/c1-3-19-18(20-7-4-9-22-10-5-17(2)6-11-22)21-8-16-27(24,25)23-12-14-26-15-13-23;/h17H,3-16H2,1-2H3,(H2,19,20,21);1H. The highest BCUT2D eigenvalue weighted by molar-refractivity contribution is 14.0. The summed E-state index contributed by atoms with van der Waals surface area (Å²) in [6, 6.07) is 0. The molecule has 0 radical (unpaired) electrons. The molecule has 0 aliphatic carbocycles. The van der Waals surface area contributed by atoms with Crippen molar-refractivity contribution < 1.29 is 8.42 Å². The molecule has 2 rings (SSSR count). The van der Waals surface area contributed by atoms with Crippen LogP contribution < -0.4 is 10.6 Å². The van der Waals surface area contributed by atoms with Crippen molar-refractivity contribution in [3.05, 3.63) is 0 Å². The van der Waals surface area contributed by atoms with Gasteiger partial charge in [-0.3, -0.25) is 4.99 Å². The quantitative estimate of drug-likeness (QED) is 0.198. The summed E-state index contributed by atoms with van der Waals surface area (Å²) in [4.78, 5) is 7.13. The van der Waals surface area contributed by atoms with E-state index in [-0.39, 0.29) is 29.7 Å². The van der Waals surface area contributed by atoms with E-state index in [2.05, 4.69) is 27.4 Å². The van der Waals surface area contributed by atoms with Crippen LogP contribution in [0.2, 0.25) is 0 Å². The van der Waals surface area contributed by atoms with Crippen molar-refractivity contribution >= 4 is 51.7 Å². The number of guanidine groups is 1. The van der Waals surface area contributed by atoms with E-state index < -0.39 is 10.0 Å². The van der Waals surface area contributed by atoms with Crippen LogP contribution in [0, 0.1) is 5.92 Å². The number of sulfonamides is 1. The minimum absolute atomic E-state index is 0. The Balaban J connectivity index is 0.00000392. The van der Waals surface area contributed by atoms with E-state index in [0.717, 1.165) is 43.5 Å². The number of rotatable bonds is 9. The Morgan fingerprint density at radius 1 is 1.14 bits per heavy atom. The van der Waals surface area contributed by atoms with Gasteiger partial charge in [-0.1, -0.05) is 6.92 Å². The number of nitrogens with zero attached hydrogens (tertiary/aromatic N) is 3. The highest BCUT2D eigenvalue weighted by atomic mass is 127. The molecule has 7 nitrogen and oxygen atoms in total. The third-order valence-electron chi connectivity index (χ3n) is 5.14. The van der Waals surface area contributed by atoms with E-state index >= 15 is 0 Å². The minimum atomic E-state index is -3.17. The Morgan fingerprint density at radius 2 is 1.82 bits per heavy atom. The molecule has 0 unspecified atom stereocenters. The van der Waals surface area contributed by atoms with Gasteiger partial charge in [-0.15, -0.1) is 24.0 Å². The second-order valence-corrected chi connectivity index (χ2v) is 10.7. The van der Waals surface area contributed by atoms with Gasteiger partial charge >= 0.3 is 0 Å². The van der Waals surface area contributed by atoms with E-state index in [9.17, 15) is 8.42 Å². The molecule has 0 bridgehead atoms. The third-order valence-corrected chi connectivity index (χ3v) is 7.95. The van der Waals surface area contributed by atoms with Gasteiger partial charge in [-0.25, -0.2) is 12.7 Å². The summed E-state index contributed by atoms with van der Waals surface area (Å²) in [6.07, 6.45) is 3.64. The van der Waals surface area contributed by atoms with Gasteiger partial charge in [-0.05, 0) is 51.7 Å². The molecule has 2 N–H and O–H groups in total. The number of likely N-dealkylation sites (tertiary alicyclic amines) is 1. The highest BCUT2D eigenvalue weighted by Gasteiger charge is 2.23.